The Labute approximate surface area is 86.5 Å². The Kier molecular flexibility index (Phi) is 4.66. The lowest BCUT2D eigenvalue weighted by atomic mass is 10.1. The van der Waals surface area contributed by atoms with Crippen LogP contribution >= 0.6 is 0 Å². The lowest BCUT2D eigenvalue weighted by Gasteiger charge is -2.11. The van der Waals surface area contributed by atoms with E-state index < -0.39 is 0 Å². The van der Waals surface area contributed by atoms with Gasteiger partial charge in [-0.15, -0.1) is 0 Å². The van der Waals surface area contributed by atoms with Gasteiger partial charge in [-0.2, -0.15) is 5.10 Å². The van der Waals surface area contributed by atoms with Crippen LogP contribution in [-0.4, -0.2) is 22.4 Å². The second kappa shape index (κ2) is 5.81. The fourth-order valence-electron chi connectivity index (χ4n) is 1.50. The molecule has 0 aliphatic heterocycles. The Morgan fingerprint density at radius 1 is 1.50 bits per heavy atom. The monoisotopic (exact) mass is 195 g/mol. The third-order valence-electron chi connectivity index (χ3n) is 2.30. The Bertz CT molecular complexity index is 255. The molecule has 1 unspecified atom stereocenters. The van der Waals surface area contributed by atoms with Gasteiger partial charge in [-0.25, -0.2) is 0 Å². The molecule has 3 heteroatoms. The maximum Gasteiger partial charge on any atom is 0.0522 e. The topological polar surface area (TPSA) is 29.9 Å². The molecule has 1 N–H and O–H groups in total. The molecule has 1 heterocycles. The third kappa shape index (κ3) is 3.50. The molecule has 0 saturated carbocycles. The third-order valence-corrected chi connectivity index (χ3v) is 2.30. The SMILES string of the molecule is CCCNC(C)Cc1cnn(CC)c1. The maximum absolute atomic E-state index is 4.26. The van der Waals surface area contributed by atoms with Gasteiger partial charge in [0.2, 0.25) is 0 Å². The number of hydrogen-bond acceptors (Lipinski definition) is 2. The van der Waals surface area contributed by atoms with E-state index in [2.05, 4.69) is 37.4 Å². The Balaban J connectivity index is 2.35. The first kappa shape index (κ1) is 11.2. The molecule has 0 spiro atoms. The molecule has 1 aromatic heterocycles. The van der Waals surface area contributed by atoms with Gasteiger partial charge in [-0.3, -0.25) is 4.68 Å². The van der Waals surface area contributed by atoms with E-state index in [1.54, 1.807) is 0 Å². The quantitative estimate of drug-likeness (QED) is 0.750. The van der Waals surface area contributed by atoms with E-state index in [-0.39, 0.29) is 0 Å². The number of nitrogens with zero attached hydrogens (tertiary/aromatic N) is 2. The minimum absolute atomic E-state index is 0.546. The highest BCUT2D eigenvalue weighted by molar-refractivity contribution is 5.05. The van der Waals surface area contributed by atoms with Crippen molar-refractivity contribution < 1.29 is 0 Å². The number of aromatic nitrogens is 2. The predicted octanol–water partition coefficient (Wildman–Crippen LogP) is 1.83. The van der Waals surface area contributed by atoms with Crippen molar-refractivity contribution in [3.05, 3.63) is 18.0 Å². The number of nitrogens with one attached hydrogen (secondary N) is 1. The van der Waals surface area contributed by atoms with Gasteiger partial charge in [0, 0.05) is 18.8 Å². The van der Waals surface area contributed by atoms with Gasteiger partial charge in [0.15, 0.2) is 0 Å². The van der Waals surface area contributed by atoms with Crippen LogP contribution in [-0.2, 0) is 13.0 Å². The molecular formula is C11H21N3. The Hall–Kier alpha value is -0.830. The van der Waals surface area contributed by atoms with Crippen LogP contribution in [0.15, 0.2) is 12.4 Å². The lowest BCUT2D eigenvalue weighted by molar-refractivity contribution is 0.543. The second-order valence-electron chi connectivity index (χ2n) is 3.76. The molecule has 0 aromatic carbocycles. The van der Waals surface area contributed by atoms with Gasteiger partial charge in [0.25, 0.3) is 0 Å². The number of rotatable bonds is 6. The zero-order valence-corrected chi connectivity index (χ0v) is 9.45. The fraction of sp³-hybridized carbons (Fsp3) is 0.727. The first-order valence-electron chi connectivity index (χ1n) is 5.51. The van der Waals surface area contributed by atoms with Gasteiger partial charge >= 0.3 is 0 Å². The minimum Gasteiger partial charge on any atom is -0.314 e. The van der Waals surface area contributed by atoms with Crippen LogP contribution < -0.4 is 5.32 Å². The molecule has 14 heavy (non-hydrogen) atoms. The molecule has 0 aliphatic rings. The second-order valence-corrected chi connectivity index (χ2v) is 3.76. The van der Waals surface area contributed by atoms with Gasteiger partial charge < -0.3 is 5.32 Å². The van der Waals surface area contributed by atoms with Crippen LogP contribution in [0.1, 0.15) is 32.8 Å². The molecule has 0 saturated heterocycles. The van der Waals surface area contributed by atoms with E-state index in [1.807, 2.05) is 10.9 Å². The van der Waals surface area contributed by atoms with E-state index in [4.69, 9.17) is 0 Å². The highest BCUT2D eigenvalue weighted by Crippen LogP contribution is 2.02. The van der Waals surface area contributed by atoms with Gasteiger partial charge in [-0.05, 0) is 38.8 Å². The summed E-state index contributed by atoms with van der Waals surface area (Å²) in [6.07, 6.45) is 6.36. The lowest BCUT2D eigenvalue weighted by Crippen LogP contribution is -2.28. The van der Waals surface area contributed by atoms with Crippen molar-refractivity contribution in [1.82, 2.24) is 15.1 Å². The zero-order chi connectivity index (χ0) is 10.4. The smallest absolute Gasteiger partial charge is 0.0522 e. The van der Waals surface area contributed by atoms with Crippen molar-refractivity contribution in [2.75, 3.05) is 6.54 Å². The first-order valence-corrected chi connectivity index (χ1v) is 5.51. The van der Waals surface area contributed by atoms with Crippen molar-refractivity contribution >= 4 is 0 Å². The molecule has 0 bridgehead atoms. The summed E-state index contributed by atoms with van der Waals surface area (Å²) in [6, 6.07) is 0.546. The molecule has 1 rings (SSSR count). The van der Waals surface area contributed by atoms with Crippen LogP contribution in [0.2, 0.25) is 0 Å². The molecule has 1 atom stereocenters. The summed E-state index contributed by atoms with van der Waals surface area (Å²) in [5.74, 6) is 0. The summed E-state index contributed by atoms with van der Waals surface area (Å²) in [4.78, 5) is 0. The van der Waals surface area contributed by atoms with Gasteiger partial charge in [-0.1, -0.05) is 6.92 Å². The molecule has 0 aliphatic carbocycles. The summed E-state index contributed by atoms with van der Waals surface area (Å²) in [5.41, 5.74) is 1.32. The maximum atomic E-state index is 4.26. The zero-order valence-electron chi connectivity index (χ0n) is 9.45. The van der Waals surface area contributed by atoms with Crippen molar-refractivity contribution in [1.29, 1.82) is 0 Å². The summed E-state index contributed by atoms with van der Waals surface area (Å²) < 4.78 is 1.97. The highest BCUT2D eigenvalue weighted by Gasteiger charge is 2.03. The summed E-state index contributed by atoms with van der Waals surface area (Å²) >= 11 is 0. The van der Waals surface area contributed by atoms with Crippen molar-refractivity contribution in [2.24, 2.45) is 0 Å². The predicted molar refractivity (Wildman–Crippen MR) is 59.4 cm³/mol. The Morgan fingerprint density at radius 3 is 2.86 bits per heavy atom. The van der Waals surface area contributed by atoms with E-state index in [1.165, 1.54) is 12.0 Å². The number of hydrogen-bond donors (Lipinski definition) is 1. The first-order chi connectivity index (χ1) is 6.76. The van der Waals surface area contributed by atoms with Crippen molar-refractivity contribution in [2.45, 2.75) is 46.2 Å². The minimum atomic E-state index is 0.546. The number of aryl methyl sites for hydroxylation is 1. The summed E-state index contributed by atoms with van der Waals surface area (Å²) in [7, 11) is 0. The van der Waals surface area contributed by atoms with Crippen LogP contribution in [0.25, 0.3) is 0 Å². The van der Waals surface area contributed by atoms with Crippen LogP contribution in [0, 0.1) is 0 Å². The largest absolute Gasteiger partial charge is 0.314 e. The fourth-order valence-corrected chi connectivity index (χ4v) is 1.50. The molecular weight excluding hydrogens is 174 g/mol. The Morgan fingerprint density at radius 2 is 2.29 bits per heavy atom. The summed E-state index contributed by atoms with van der Waals surface area (Å²) in [5, 5.41) is 7.73. The van der Waals surface area contributed by atoms with E-state index in [9.17, 15) is 0 Å². The summed E-state index contributed by atoms with van der Waals surface area (Å²) in [6.45, 7) is 8.57. The molecule has 1 aromatic rings. The van der Waals surface area contributed by atoms with Crippen molar-refractivity contribution in [3.8, 4) is 0 Å². The van der Waals surface area contributed by atoms with E-state index >= 15 is 0 Å². The standard InChI is InChI=1S/C11H21N3/c1-4-6-12-10(3)7-11-8-13-14(5-2)9-11/h8-10,12H,4-7H2,1-3H3. The molecule has 0 fully saturated rings. The molecule has 0 radical (unpaired) electrons. The normalized spacial score (nSPS) is 13.1. The van der Waals surface area contributed by atoms with Crippen LogP contribution in [0.5, 0.6) is 0 Å². The van der Waals surface area contributed by atoms with E-state index in [0.29, 0.717) is 6.04 Å². The van der Waals surface area contributed by atoms with Gasteiger partial charge in [0.1, 0.15) is 0 Å². The average molecular weight is 195 g/mol. The molecule has 0 amide bonds. The molecule has 80 valence electrons. The highest BCUT2D eigenvalue weighted by atomic mass is 15.3. The van der Waals surface area contributed by atoms with Crippen LogP contribution in [0.4, 0.5) is 0 Å². The van der Waals surface area contributed by atoms with Crippen molar-refractivity contribution in [3.63, 3.8) is 0 Å². The van der Waals surface area contributed by atoms with Crippen LogP contribution in [0.3, 0.4) is 0 Å². The molecule has 3 nitrogen and oxygen atoms in total. The van der Waals surface area contributed by atoms with E-state index in [0.717, 1.165) is 19.5 Å². The average Bonchev–Trinajstić information content (AvgIpc) is 2.62. The van der Waals surface area contributed by atoms with Gasteiger partial charge in [0.05, 0.1) is 6.20 Å².